The summed E-state index contributed by atoms with van der Waals surface area (Å²) in [5.41, 5.74) is 1.94. The van der Waals surface area contributed by atoms with Crippen molar-refractivity contribution < 1.29 is 19.1 Å². The summed E-state index contributed by atoms with van der Waals surface area (Å²) in [4.78, 5) is 28.1. The number of carbonyl (C=O) groups excluding carboxylic acids is 2. The number of nitriles is 1. The van der Waals surface area contributed by atoms with Crippen molar-refractivity contribution in [3.05, 3.63) is 95.0 Å². The molecular weight excluding hydrogens is 462 g/mol. The van der Waals surface area contributed by atoms with Crippen LogP contribution in [0, 0.1) is 11.3 Å². The Morgan fingerprint density at radius 1 is 0.971 bits per heavy atom. The molecule has 35 heavy (non-hydrogen) atoms. The van der Waals surface area contributed by atoms with Crippen LogP contribution < -0.4 is 19.7 Å². The quantitative estimate of drug-likeness (QED) is 0.383. The van der Waals surface area contributed by atoms with Crippen molar-refractivity contribution >= 4 is 35.0 Å². The first-order valence-corrected chi connectivity index (χ1v) is 11.7. The molecule has 0 unspecified atom stereocenters. The lowest BCUT2D eigenvalue weighted by atomic mass is 10.1. The third-order valence-corrected chi connectivity index (χ3v) is 6.71. The number of methoxy groups -OCH3 is 2. The van der Waals surface area contributed by atoms with E-state index in [4.69, 9.17) is 9.47 Å². The fourth-order valence-corrected chi connectivity index (χ4v) is 4.95. The second-order valence-corrected chi connectivity index (χ2v) is 8.83. The average Bonchev–Trinajstić information content (AvgIpc) is 3.21. The Bertz CT molecular complexity index is 1280. The van der Waals surface area contributed by atoms with Gasteiger partial charge in [0.1, 0.15) is 28.2 Å². The molecule has 8 heteroatoms. The fourth-order valence-electron chi connectivity index (χ4n) is 3.64. The van der Waals surface area contributed by atoms with Crippen molar-refractivity contribution in [3.8, 4) is 17.6 Å². The predicted octanol–water partition coefficient (Wildman–Crippen LogP) is 4.77. The minimum Gasteiger partial charge on any atom is -0.497 e. The van der Waals surface area contributed by atoms with Crippen LogP contribution in [0.1, 0.15) is 5.56 Å². The van der Waals surface area contributed by atoms with E-state index in [1.807, 2.05) is 48.5 Å². The van der Waals surface area contributed by atoms with Crippen molar-refractivity contribution in [2.45, 2.75) is 11.7 Å². The van der Waals surface area contributed by atoms with Crippen molar-refractivity contribution in [3.63, 3.8) is 0 Å². The number of thioether (sulfide) groups is 1. The molecule has 3 aromatic rings. The van der Waals surface area contributed by atoms with Gasteiger partial charge in [-0.05, 0) is 60.5 Å². The van der Waals surface area contributed by atoms with Crippen LogP contribution >= 0.6 is 11.8 Å². The van der Waals surface area contributed by atoms with Gasteiger partial charge in [-0.2, -0.15) is 5.26 Å². The van der Waals surface area contributed by atoms with Crippen LogP contribution in [0.3, 0.4) is 0 Å². The van der Waals surface area contributed by atoms with E-state index in [2.05, 4.69) is 5.32 Å². The number of nitrogens with zero attached hydrogens (tertiary/aromatic N) is 2. The molecule has 0 aromatic heterocycles. The number of benzene rings is 3. The van der Waals surface area contributed by atoms with Gasteiger partial charge in [-0.15, -0.1) is 0 Å². The highest BCUT2D eigenvalue weighted by molar-refractivity contribution is 8.05. The lowest BCUT2D eigenvalue weighted by molar-refractivity contribution is -0.117. The van der Waals surface area contributed by atoms with Crippen molar-refractivity contribution in [1.82, 2.24) is 0 Å². The first-order chi connectivity index (χ1) is 17.0. The topological polar surface area (TPSA) is 91.7 Å². The maximum absolute atomic E-state index is 13.5. The Labute approximate surface area is 208 Å². The second kappa shape index (κ2) is 10.8. The fraction of sp³-hybridized carbons (Fsp3) is 0.148. The van der Waals surface area contributed by atoms with Crippen LogP contribution in [0.5, 0.6) is 11.5 Å². The molecule has 1 atom stereocenters. The van der Waals surface area contributed by atoms with E-state index in [9.17, 15) is 14.9 Å². The zero-order valence-corrected chi connectivity index (χ0v) is 20.0. The molecule has 7 nitrogen and oxygen atoms in total. The van der Waals surface area contributed by atoms with Gasteiger partial charge >= 0.3 is 0 Å². The summed E-state index contributed by atoms with van der Waals surface area (Å²) in [5, 5.41) is 12.5. The molecular formula is C27H23N3O4S. The minimum absolute atomic E-state index is 0.125. The van der Waals surface area contributed by atoms with Crippen LogP contribution in [0.2, 0.25) is 0 Å². The third-order valence-electron chi connectivity index (χ3n) is 5.45. The highest BCUT2D eigenvalue weighted by atomic mass is 32.2. The van der Waals surface area contributed by atoms with E-state index in [1.54, 1.807) is 50.6 Å². The van der Waals surface area contributed by atoms with Crippen LogP contribution in [0.25, 0.3) is 0 Å². The lowest BCUT2D eigenvalue weighted by Crippen LogP contribution is -2.30. The zero-order valence-electron chi connectivity index (χ0n) is 19.2. The molecule has 0 bridgehead atoms. The maximum atomic E-state index is 13.5. The van der Waals surface area contributed by atoms with E-state index < -0.39 is 11.2 Å². The van der Waals surface area contributed by atoms with Crippen LogP contribution in [-0.4, -0.2) is 31.3 Å². The molecule has 1 fully saturated rings. The van der Waals surface area contributed by atoms with Gasteiger partial charge in [0.25, 0.3) is 5.91 Å². The standard InChI is InChI=1S/C27H23N3O4S/c1-33-21-12-8-18(9-13-21)16-24-26(32)30(20-6-4-3-5-7-20)27(35-24)23(17-28)25(31)29-19-10-14-22(34-2)15-11-19/h3-15,24H,16H2,1-2H3,(H,29,31)/b27-23-/t24-/m1/s1. The summed E-state index contributed by atoms with van der Waals surface area (Å²) in [5.74, 6) is 0.610. The molecule has 1 saturated heterocycles. The highest BCUT2D eigenvalue weighted by Gasteiger charge is 2.40. The van der Waals surface area contributed by atoms with Gasteiger partial charge in [0.2, 0.25) is 5.91 Å². The van der Waals surface area contributed by atoms with Gasteiger partial charge in [0.05, 0.1) is 19.5 Å². The number of para-hydroxylation sites is 1. The number of hydrogen-bond donors (Lipinski definition) is 1. The van der Waals surface area contributed by atoms with E-state index in [0.717, 1.165) is 11.3 Å². The predicted molar refractivity (Wildman–Crippen MR) is 136 cm³/mol. The zero-order chi connectivity index (χ0) is 24.8. The molecule has 1 N–H and O–H groups in total. The molecule has 4 rings (SSSR count). The van der Waals surface area contributed by atoms with Gasteiger partial charge in [-0.3, -0.25) is 14.5 Å². The number of rotatable bonds is 7. The first-order valence-electron chi connectivity index (χ1n) is 10.8. The summed E-state index contributed by atoms with van der Waals surface area (Å²) < 4.78 is 10.4. The van der Waals surface area contributed by atoms with Gasteiger partial charge in [0.15, 0.2) is 0 Å². The Morgan fingerprint density at radius 3 is 2.14 bits per heavy atom. The van der Waals surface area contributed by atoms with E-state index in [-0.39, 0.29) is 11.5 Å². The molecule has 176 valence electrons. The molecule has 1 aliphatic heterocycles. The maximum Gasteiger partial charge on any atom is 0.269 e. The van der Waals surface area contributed by atoms with Crippen molar-refractivity contribution in [2.24, 2.45) is 0 Å². The van der Waals surface area contributed by atoms with Crippen molar-refractivity contribution in [2.75, 3.05) is 24.4 Å². The number of anilines is 2. The molecule has 2 amide bonds. The monoisotopic (exact) mass is 485 g/mol. The molecule has 1 aliphatic rings. The number of hydrogen-bond acceptors (Lipinski definition) is 6. The van der Waals surface area contributed by atoms with Gasteiger partial charge in [-0.1, -0.05) is 42.1 Å². The number of amides is 2. The van der Waals surface area contributed by atoms with Crippen LogP contribution in [0.4, 0.5) is 11.4 Å². The Kier molecular flexibility index (Phi) is 7.38. The molecule has 0 saturated carbocycles. The number of ether oxygens (including phenoxy) is 2. The molecule has 0 spiro atoms. The van der Waals surface area contributed by atoms with Gasteiger partial charge < -0.3 is 14.8 Å². The minimum atomic E-state index is -0.584. The normalized spacial score (nSPS) is 16.4. The smallest absolute Gasteiger partial charge is 0.269 e. The third kappa shape index (κ3) is 5.31. The summed E-state index contributed by atoms with van der Waals surface area (Å²) in [6.45, 7) is 0. The molecule has 0 radical (unpaired) electrons. The summed E-state index contributed by atoms with van der Waals surface area (Å²) in [7, 11) is 3.15. The summed E-state index contributed by atoms with van der Waals surface area (Å²) in [6, 6.07) is 25.3. The summed E-state index contributed by atoms with van der Waals surface area (Å²) in [6.07, 6.45) is 0.444. The van der Waals surface area contributed by atoms with Crippen molar-refractivity contribution in [1.29, 1.82) is 5.26 Å². The SMILES string of the molecule is COc1ccc(C[C@H]2S/C(=C(/C#N)C(=O)Nc3ccc(OC)cc3)N(c3ccccc3)C2=O)cc1. The highest BCUT2D eigenvalue weighted by Crippen LogP contribution is 2.42. The number of nitrogens with one attached hydrogen (secondary N) is 1. The van der Waals surface area contributed by atoms with Crippen LogP contribution in [0.15, 0.2) is 89.5 Å². The Hall–Kier alpha value is -4.22. The average molecular weight is 486 g/mol. The second-order valence-electron chi connectivity index (χ2n) is 7.64. The van der Waals surface area contributed by atoms with Crippen LogP contribution in [-0.2, 0) is 16.0 Å². The Morgan fingerprint density at radius 2 is 1.57 bits per heavy atom. The summed E-state index contributed by atoms with van der Waals surface area (Å²) >= 11 is 1.23. The number of carbonyl (C=O) groups is 2. The Balaban J connectivity index is 1.66. The van der Waals surface area contributed by atoms with Gasteiger partial charge in [-0.25, -0.2) is 0 Å². The lowest BCUT2D eigenvalue weighted by Gasteiger charge is -2.18. The molecule has 3 aromatic carbocycles. The van der Waals surface area contributed by atoms with Gasteiger partial charge in [0, 0.05) is 11.4 Å². The van der Waals surface area contributed by atoms with E-state index in [1.165, 1.54) is 16.7 Å². The molecule has 0 aliphatic carbocycles. The van der Waals surface area contributed by atoms with E-state index >= 15 is 0 Å². The largest absolute Gasteiger partial charge is 0.497 e. The molecule has 1 heterocycles. The first kappa shape index (κ1) is 23.9. The van der Waals surface area contributed by atoms with E-state index in [0.29, 0.717) is 28.6 Å².